The van der Waals surface area contributed by atoms with Crippen LogP contribution in [0.1, 0.15) is 0 Å². The maximum atomic E-state index is 9.59. The smallest absolute Gasteiger partial charge is 0.123 e. The van der Waals surface area contributed by atoms with Crippen molar-refractivity contribution < 1.29 is 5.11 Å². The molecule has 15 heavy (non-hydrogen) atoms. The summed E-state index contributed by atoms with van der Waals surface area (Å²) in [6.45, 7) is 0. The van der Waals surface area contributed by atoms with Gasteiger partial charge in [0, 0.05) is 5.30 Å². The van der Waals surface area contributed by atoms with Gasteiger partial charge in [-0.2, -0.15) is 0 Å². The summed E-state index contributed by atoms with van der Waals surface area (Å²) in [5, 5.41) is 11.6. The van der Waals surface area contributed by atoms with Crippen LogP contribution in [0, 0.1) is 0 Å². The van der Waals surface area contributed by atoms with Crippen LogP contribution in [-0.2, 0) is 0 Å². The molecule has 0 heterocycles. The van der Waals surface area contributed by atoms with Gasteiger partial charge in [-0.15, -0.1) is 18.5 Å². The zero-order valence-corrected chi connectivity index (χ0v) is 10.5. The van der Waals surface area contributed by atoms with Crippen LogP contribution in [0.4, 0.5) is 0 Å². The summed E-state index contributed by atoms with van der Waals surface area (Å²) in [5.74, 6) is 0.312. The van der Waals surface area contributed by atoms with E-state index in [1.165, 1.54) is 0 Å². The maximum absolute atomic E-state index is 9.59. The van der Waals surface area contributed by atoms with Crippen molar-refractivity contribution in [3.8, 4) is 16.9 Å². The Morgan fingerprint density at radius 1 is 0.800 bits per heavy atom. The van der Waals surface area contributed by atoms with Crippen LogP contribution in [0.25, 0.3) is 11.1 Å². The number of phenolic OH excluding ortho intramolecular Hbond substituents is 1. The zero-order valence-electron chi connectivity index (χ0n) is 8.14. The molecule has 0 aromatic heterocycles. The van der Waals surface area contributed by atoms with Crippen LogP contribution < -0.4 is 10.6 Å². The molecular weight excluding hydrogens is 222 g/mol. The fourth-order valence-corrected chi connectivity index (χ4v) is 1.77. The van der Waals surface area contributed by atoms with Crippen molar-refractivity contribution >= 4 is 29.1 Å². The highest BCUT2D eigenvalue weighted by Crippen LogP contribution is 2.22. The Bertz CT molecular complexity index is 477. The Hall–Kier alpha value is -0.900. The number of benzene rings is 2. The first-order valence-electron chi connectivity index (χ1n) is 4.61. The average Bonchev–Trinajstić information content (AvgIpc) is 2.23. The van der Waals surface area contributed by atoms with Crippen LogP contribution in [0.3, 0.4) is 0 Å². The largest absolute Gasteiger partial charge is 0.507 e. The first-order chi connectivity index (χ1) is 7.16. The Kier molecular flexibility index (Phi) is 3.05. The van der Waals surface area contributed by atoms with Gasteiger partial charge in [0.25, 0.3) is 0 Å². The van der Waals surface area contributed by atoms with E-state index in [1.54, 1.807) is 6.07 Å². The van der Waals surface area contributed by atoms with Gasteiger partial charge in [-0.3, -0.25) is 0 Å². The van der Waals surface area contributed by atoms with E-state index in [0.717, 1.165) is 21.7 Å². The standard InChI is InChI=1S/C12H12OP2/c13-11-7-9(3-6-12(11)15)8-1-4-10(14)5-2-8/h1-7,13H,14-15H2. The summed E-state index contributed by atoms with van der Waals surface area (Å²) in [7, 11) is 5.15. The van der Waals surface area contributed by atoms with Crippen LogP contribution in [-0.4, -0.2) is 5.11 Å². The van der Waals surface area contributed by atoms with Crippen molar-refractivity contribution in [1.29, 1.82) is 0 Å². The van der Waals surface area contributed by atoms with Crippen molar-refractivity contribution in [2.24, 2.45) is 0 Å². The number of hydrogen-bond acceptors (Lipinski definition) is 1. The normalized spacial score (nSPS) is 10.3. The molecule has 0 bridgehead atoms. The molecule has 0 spiro atoms. The van der Waals surface area contributed by atoms with Gasteiger partial charge in [-0.05, 0) is 22.5 Å². The minimum absolute atomic E-state index is 0.312. The number of phenols is 1. The molecule has 0 amide bonds. The average molecular weight is 234 g/mol. The molecule has 0 radical (unpaired) electrons. The second-order valence-corrected chi connectivity index (χ2v) is 4.68. The quantitative estimate of drug-likeness (QED) is 0.749. The van der Waals surface area contributed by atoms with E-state index in [9.17, 15) is 5.11 Å². The second kappa shape index (κ2) is 4.31. The van der Waals surface area contributed by atoms with Crippen molar-refractivity contribution in [2.75, 3.05) is 0 Å². The Balaban J connectivity index is 2.45. The van der Waals surface area contributed by atoms with Gasteiger partial charge in [0.15, 0.2) is 0 Å². The van der Waals surface area contributed by atoms with Gasteiger partial charge in [0.05, 0.1) is 0 Å². The summed E-state index contributed by atoms with van der Waals surface area (Å²) in [4.78, 5) is 0. The molecule has 0 fully saturated rings. The van der Waals surface area contributed by atoms with E-state index in [4.69, 9.17) is 0 Å². The summed E-state index contributed by atoms with van der Waals surface area (Å²) >= 11 is 0. The first kappa shape index (κ1) is 10.6. The molecule has 1 nitrogen and oxygen atoms in total. The van der Waals surface area contributed by atoms with Crippen LogP contribution >= 0.6 is 18.5 Å². The monoisotopic (exact) mass is 234 g/mol. The van der Waals surface area contributed by atoms with Gasteiger partial charge in [0.1, 0.15) is 5.75 Å². The molecular formula is C12H12OP2. The maximum Gasteiger partial charge on any atom is 0.123 e. The van der Waals surface area contributed by atoms with E-state index in [-0.39, 0.29) is 0 Å². The van der Waals surface area contributed by atoms with E-state index in [0.29, 0.717) is 5.75 Å². The molecule has 3 heteroatoms. The van der Waals surface area contributed by atoms with Crippen LogP contribution in [0.5, 0.6) is 5.75 Å². The van der Waals surface area contributed by atoms with Crippen molar-refractivity contribution in [1.82, 2.24) is 0 Å². The molecule has 0 aliphatic rings. The summed E-state index contributed by atoms with van der Waals surface area (Å²) in [6, 6.07) is 13.8. The lowest BCUT2D eigenvalue weighted by Gasteiger charge is -2.04. The molecule has 0 aliphatic heterocycles. The van der Waals surface area contributed by atoms with Crippen molar-refractivity contribution in [2.45, 2.75) is 0 Å². The van der Waals surface area contributed by atoms with Crippen molar-refractivity contribution in [3.05, 3.63) is 42.5 Å². The Morgan fingerprint density at radius 2 is 1.40 bits per heavy atom. The molecule has 2 rings (SSSR count). The third-order valence-electron chi connectivity index (χ3n) is 2.27. The van der Waals surface area contributed by atoms with E-state index in [1.807, 2.05) is 36.4 Å². The Morgan fingerprint density at radius 3 is 2.00 bits per heavy atom. The Labute approximate surface area is 93.9 Å². The first-order valence-corrected chi connectivity index (χ1v) is 5.77. The molecule has 0 saturated carbocycles. The fraction of sp³-hybridized carbons (Fsp3) is 0. The lowest BCUT2D eigenvalue weighted by atomic mass is 10.1. The third kappa shape index (κ3) is 2.37. The molecule has 76 valence electrons. The lowest BCUT2D eigenvalue weighted by molar-refractivity contribution is 0.480. The molecule has 1 N–H and O–H groups in total. The summed E-state index contributed by atoms with van der Waals surface area (Å²) < 4.78 is 0. The van der Waals surface area contributed by atoms with Gasteiger partial charge in [0.2, 0.25) is 0 Å². The number of hydrogen-bond donors (Lipinski definition) is 1. The molecule has 0 saturated heterocycles. The van der Waals surface area contributed by atoms with E-state index < -0.39 is 0 Å². The van der Waals surface area contributed by atoms with E-state index >= 15 is 0 Å². The van der Waals surface area contributed by atoms with E-state index in [2.05, 4.69) is 18.5 Å². The summed E-state index contributed by atoms with van der Waals surface area (Å²) in [5.41, 5.74) is 2.14. The van der Waals surface area contributed by atoms with Crippen LogP contribution in [0.2, 0.25) is 0 Å². The summed E-state index contributed by atoms with van der Waals surface area (Å²) in [6.07, 6.45) is 0. The fourth-order valence-electron chi connectivity index (χ4n) is 1.40. The SMILES string of the molecule is Oc1cc(-c2ccc(P)cc2)ccc1P. The van der Waals surface area contributed by atoms with Gasteiger partial charge < -0.3 is 5.11 Å². The van der Waals surface area contributed by atoms with Gasteiger partial charge in [-0.1, -0.05) is 36.4 Å². The lowest BCUT2D eigenvalue weighted by Crippen LogP contribution is -1.92. The zero-order chi connectivity index (χ0) is 10.8. The second-order valence-electron chi connectivity index (χ2n) is 3.40. The molecule has 2 atom stereocenters. The predicted octanol–water partition coefficient (Wildman–Crippen LogP) is 2.06. The highest BCUT2D eigenvalue weighted by Gasteiger charge is 2.00. The van der Waals surface area contributed by atoms with Gasteiger partial charge >= 0.3 is 0 Å². The van der Waals surface area contributed by atoms with Crippen molar-refractivity contribution in [3.63, 3.8) is 0 Å². The number of rotatable bonds is 1. The third-order valence-corrected chi connectivity index (χ3v) is 3.15. The van der Waals surface area contributed by atoms with Crippen LogP contribution in [0.15, 0.2) is 42.5 Å². The minimum Gasteiger partial charge on any atom is -0.507 e. The molecule has 2 aromatic rings. The molecule has 2 aromatic carbocycles. The topological polar surface area (TPSA) is 20.2 Å². The highest BCUT2D eigenvalue weighted by molar-refractivity contribution is 7.27. The molecule has 2 unspecified atom stereocenters. The minimum atomic E-state index is 0.312. The molecule has 0 aliphatic carbocycles. The predicted molar refractivity (Wildman–Crippen MR) is 72.2 cm³/mol. The highest BCUT2D eigenvalue weighted by atomic mass is 31.0. The number of aromatic hydroxyl groups is 1. The van der Waals surface area contributed by atoms with Gasteiger partial charge in [-0.25, -0.2) is 0 Å².